The largest absolute Gasteiger partial charge is 0.504 e. The molecule has 0 aliphatic heterocycles. The number of ether oxygens (including phenoxy) is 1. The molecule has 8 nitrogen and oxygen atoms in total. The molecule has 0 radical (unpaired) electrons. The van der Waals surface area contributed by atoms with Crippen LogP contribution in [-0.2, 0) is 4.74 Å². The number of para-hydroxylation sites is 1. The molecule has 2 aromatic heterocycles. The molecule has 3 N–H and O–H groups in total. The number of aromatic nitrogens is 3. The second kappa shape index (κ2) is 6.92. The average molecular weight is 376 g/mol. The first-order chi connectivity index (χ1) is 13.6. The van der Waals surface area contributed by atoms with Crippen molar-refractivity contribution in [1.82, 2.24) is 14.4 Å². The maximum Gasteiger partial charge on any atom is 0.339 e. The van der Waals surface area contributed by atoms with Gasteiger partial charge < -0.3 is 20.3 Å². The highest BCUT2D eigenvalue weighted by Gasteiger charge is 2.18. The topological polar surface area (TPSA) is 109 Å². The molecule has 2 aromatic carbocycles. The van der Waals surface area contributed by atoms with Gasteiger partial charge in [0.05, 0.1) is 24.6 Å². The van der Waals surface area contributed by atoms with Gasteiger partial charge in [0.2, 0.25) is 0 Å². The third-order valence-corrected chi connectivity index (χ3v) is 4.26. The second-order valence-corrected chi connectivity index (χ2v) is 5.98. The minimum atomic E-state index is -0.470. The van der Waals surface area contributed by atoms with E-state index in [9.17, 15) is 15.0 Å². The molecule has 8 heteroatoms. The van der Waals surface area contributed by atoms with Crippen LogP contribution in [0, 0.1) is 0 Å². The van der Waals surface area contributed by atoms with Crippen LogP contribution >= 0.6 is 0 Å². The summed E-state index contributed by atoms with van der Waals surface area (Å²) in [6, 6.07) is 11.4. The zero-order valence-electron chi connectivity index (χ0n) is 14.8. The van der Waals surface area contributed by atoms with Crippen LogP contribution < -0.4 is 5.32 Å². The van der Waals surface area contributed by atoms with Gasteiger partial charge in [-0.1, -0.05) is 12.1 Å². The van der Waals surface area contributed by atoms with Crippen molar-refractivity contribution in [2.24, 2.45) is 0 Å². The van der Waals surface area contributed by atoms with Gasteiger partial charge in [-0.25, -0.2) is 9.78 Å². The molecule has 0 aliphatic carbocycles. The Morgan fingerprint density at radius 1 is 1.14 bits per heavy atom. The molecule has 2 heterocycles. The summed E-state index contributed by atoms with van der Waals surface area (Å²) in [6.07, 6.45) is 4.94. The minimum absolute atomic E-state index is 0.222. The molecule has 0 fully saturated rings. The SMILES string of the molecule is COC(=O)c1ccccc1Nc1c(-c2ccc(O)c(O)c2)nc2cnccn12. The van der Waals surface area contributed by atoms with Crippen LogP contribution in [0.5, 0.6) is 11.5 Å². The van der Waals surface area contributed by atoms with Gasteiger partial charge in [0.15, 0.2) is 17.1 Å². The Hall–Kier alpha value is -4.07. The summed E-state index contributed by atoms with van der Waals surface area (Å²) in [4.78, 5) is 20.8. The number of carbonyl (C=O) groups is 1. The lowest BCUT2D eigenvalue weighted by Gasteiger charge is -2.12. The summed E-state index contributed by atoms with van der Waals surface area (Å²) in [6.45, 7) is 0. The highest BCUT2D eigenvalue weighted by atomic mass is 16.5. The number of nitrogens with zero attached hydrogens (tertiary/aromatic N) is 3. The lowest BCUT2D eigenvalue weighted by Crippen LogP contribution is -2.06. The lowest BCUT2D eigenvalue weighted by molar-refractivity contribution is 0.0602. The first-order valence-electron chi connectivity index (χ1n) is 8.37. The number of benzene rings is 2. The van der Waals surface area contributed by atoms with Crippen molar-refractivity contribution < 1.29 is 19.7 Å². The third kappa shape index (κ3) is 2.96. The number of hydrogen-bond acceptors (Lipinski definition) is 7. The molecule has 0 saturated heterocycles. The summed E-state index contributed by atoms with van der Waals surface area (Å²) in [7, 11) is 1.32. The number of anilines is 2. The van der Waals surface area contributed by atoms with Crippen molar-refractivity contribution in [3.8, 4) is 22.8 Å². The zero-order valence-corrected chi connectivity index (χ0v) is 14.8. The van der Waals surface area contributed by atoms with E-state index in [-0.39, 0.29) is 11.5 Å². The molecular weight excluding hydrogens is 360 g/mol. The van der Waals surface area contributed by atoms with Gasteiger partial charge in [0, 0.05) is 18.0 Å². The van der Waals surface area contributed by atoms with Crippen LogP contribution in [0.3, 0.4) is 0 Å². The number of carbonyl (C=O) groups excluding carboxylic acids is 1. The van der Waals surface area contributed by atoms with E-state index in [4.69, 9.17) is 4.74 Å². The summed E-state index contributed by atoms with van der Waals surface area (Å²) < 4.78 is 6.63. The number of rotatable bonds is 4. The molecule has 0 spiro atoms. The number of esters is 1. The first-order valence-corrected chi connectivity index (χ1v) is 8.37. The second-order valence-electron chi connectivity index (χ2n) is 5.98. The highest BCUT2D eigenvalue weighted by Crippen LogP contribution is 2.36. The molecule has 0 amide bonds. The molecular formula is C20H16N4O4. The third-order valence-electron chi connectivity index (χ3n) is 4.26. The Kier molecular flexibility index (Phi) is 4.29. The Labute approximate surface area is 159 Å². The van der Waals surface area contributed by atoms with Gasteiger partial charge in [0.25, 0.3) is 0 Å². The molecule has 28 heavy (non-hydrogen) atoms. The quantitative estimate of drug-likeness (QED) is 0.370. The summed E-state index contributed by atoms with van der Waals surface area (Å²) in [5.41, 5.74) is 2.58. The number of imidazole rings is 1. The number of nitrogens with one attached hydrogen (secondary N) is 1. The number of hydrogen-bond donors (Lipinski definition) is 3. The van der Waals surface area contributed by atoms with Crippen LogP contribution in [-0.4, -0.2) is 37.7 Å². The Bertz CT molecular complexity index is 1190. The predicted molar refractivity (Wildman–Crippen MR) is 103 cm³/mol. The Morgan fingerprint density at radius 3 is 2.75 bits per heavy atom. The van der Waals surface area contributed by atoms with E-state index in [2.05, 4.69) is 15.3 Å². The van der Waals surface area contributed by atoms with E-state index in [1.165, 1.54) is 19.2 Å². The van der Waals surface area contributed by atoms with Gasteiger partial charge in [-0.2, -0.15) is 0 Å². The number of phenolic OH excluding ortho intramolecular Hbond substituents is 2. The van der Waals surface area contributed by atoms with Crippen LogP contribution in [0.1, 0.15) is 10.4 Å². The minimum Gasteiger partial charge on any atom is -0.504 e. The van der Waals surface area contributed by atoms with Crippen LogP contribution in [0.2, 0.25) is 0 Å². The van der Waals surface area contributed by atoms with Gasteiger partial charge in [-0.15, -0.1) is 0 Å². The molecule has 0 saturated carbocycles. The Balaban J connectivity index is 1.89. The first kappa shape index (κ1) is 17.3. The monoisotopic (exact) mass is 376 g/mol. The van der Waals surface area contributed by atoms with E-state index < -0.39 is 5.97 Å². The summed E-state index contributed by atoms with van der Waals surface area (Å²) in [5.74, 6) is -0.380. The maximum atomic E-state index is 12.1. The highest BCUT2D eigenvalue weighted by molar-refractivity contribution is 5.97. The van der Waals surface area contributed by atoms with Crippen LogP contribution in [0.4, 0.5) is 11.5 Å². The number of fused-ring (bicyclic) bond motifs is 1. The van der Waals surface area contributed by atoms with Crippen LogP contribution in [0.25, 0.3) is 16.9 Å². The van der Waals surface area contributed by atoms with Crippen LogP contribution in [0.15, 0.2) is 61.1 Å². The summed E-state index contributed by atoms with van der Waals surface area (Å²) in [5, 5.41) is 22.7. The molecule has 4 aromatic rings. The van der Waals surface area contributed by atoms with Crippen molar-refractivity contribution in [1.29, 1.82) is 0 Å². The molecule has 0 atom stereocenters. The van der Waals surface area contributed by atoms with E-state index in [1.54, 1.807) is 53.3 Å². The van der Waals surface area contributed by atoms with Crippen molar-refractivity contribution in [3.05, 3.63) is 66.6 Å². The standard InChI is InChI=1S/C20H16N4O4/c1-28-20(27)13-4-2-3-5-14(13)22-19-18(12-6-7-15(25)16(26)10-12)23-17-11-21-8-9-24(17)19/h2-11,22,25-26H,1H3. The van der Waals surface area contributed by atoms with Gasteiger partial charge in [-0.05, 0) is 30.3 Å². The van der Waals surface area contributed by atoms with Crippen molar-refractivity contribution in [3.63, 3.8) is 0 Å². The fourth-order valence-corrected chi connectivity index (χ4v) is 2.91. The van der Waals surface area contributed by atoms with Crippen molar-refractivity contribution >= 4 is 23.1 Å². The smallest absolute Gasteiger partial charge is 0.339 e. The van der Waals surface area contributed by atoms with E-state index in [0.29, 0.717) is 34.0 Å². The fraction of sp³-hybridized carbons (Fsp3) is 0.0500. The zero-order chi connectivity index (χ0) is 19.7. The lowest BCUT2D eigenvalue weighted by atomic mass is 10.1. The van der Waals surface area contributed by atoms with Crippen molar-refractivity contribution in [2.75, 3.05) is 12.4 Å². The molecule has 0 bridgehead atoms. The normalized spacial score (nSPS) is 10.8. The predicted octanol–water partition coefficient (Wildman–Crippen LogP) is 3.34. The van der Waals surface area contributed by atoms with Gasteiger partial charge in [0.1, 0.15) is 11.5 Å². The van der Waals surface area contributed by atoms with E-state index in [1.807, 2.05) is 0 Å². The number of aromatic hydroxyl groups is 2. The molecule has 4 rings (SSSR count). The Morgan fingerprint density at radius 2 is 1.96 bits per heavy atom. The number of methoxy groups -OCH3 is 1. The fourth-order valence-electron chi connectivity index (χ4n) is 2.91. The summed E-state index contributed by atoms with van der Waals surface area (Å²) >= 11 is 0. The van der Waals surface area contributed by atoms with Gasteiger partial charge in [-0.3, -0.25) is 9.38 Å². The molecule has 140 valence electrons. The molecule has 0 unspecified atom stereocenters. The van der Waals surface area contributed by atoms with Gasteiger partial charge >= 0.3 is 5.97 Å². The maximum absolute atomic E-state index is 12.1. The molecule has 0 aliphatic rings. The average Bonchev–Trinajstić information content (AvgIpc) is 3.08. The van der Waals surface area contributed by atoms with E-state index in [0.717, 1.165) is 0 Å². The van der Waals surface area contributed by atoms with Crippen molar-refractivity contribution in [2.45, 2.75) is 0 Å². The van der Waals surface area contributed by atoms with E-state index >= 15 is 0 Å². The number of phenols is 2.